The Bertz CT molecular complexity index is 362. The zero-order valence-electron chi connectivity index (χ0n) is 6.86. The van der Waals surface area contributed by atoms with Crippen molar-refractivity contribution in [1.29, 1.82) is 0 Å². The fraction of sp³-hybridized carbons (Fsp3) is 0.100. The Balaban J connectivity index is 2.45. The normalized spacial score (nSPS) is 10.1. The lowest BCUT2D eigenvalue weighted by Gasteiger charge is -1.93. The molecule has 0 bridgehead atoms. The van der Waals surface area contributed by atoms with E-state index < -0.39 is 0 Å². The average molecular weight is 157 g/mol. The zero-order valence-corrected chi connectivity index (χ0v) is 6.86. The monoisotopic (exact) mass is 157 g/mol. The van der Waals surface area contributed by atoms with Crippen LogP contribution in [0.2, 0.25) is 0 Å². The molecular formula is C10H9N2. The van der Waals surface area contributed by atoms with Crippen molar-refractivity contribution in [1.82, 2.24) is 9.78 Å². The summed E-state index contributed by atoms with van der Waals surface area (Å²) in [6, 6.07) is 12.8. The topological polar surface area (TPSA) is 17.8 Å². The van der Waals surface area contributed by atoms with Crippen LogP contribution in [0.25, 0.3) is 11.3 Å². The van der Waals surface area contributed by atoms with E-state index in [1.165, 1.54) is 0 Å². The van der Waals surface area contributed by atoms with E-state index in [1.54, 1.807) is 4.68 Å². The lowest BCUT2D eigenvalue weighted by molar-refractivity contribution is 0.771. The molecule has 59 valence electrons. The summed E-state index contributed by atoms with van der Waals surface area (Å²) in [4.78, 5) is 0. The van der Waals surface area contributed by atoms with Gasteiger partial charge in [-0.05, 0) is 18.2 Å². The second kappa shape index (κ2) is 2.81. The Labute approximate surface area is 71.5 Å². The van der Waals surface area contributed by atoms with E-state index in [0.717, 1.165) is 11.3 Å². The van der Waals surface area contributed by atoms with Gasteiger partial charge in [0.2, 0.25) is 0 Å². The Morgan fingerprint density at radius 2 is 2.33 bits per heavy atom. The van der Waals surface area contributed by atoms with Crippen LogP contribution in [0.1, 0.15) is 0 Å². The van der Waals surface area contributed by atoms with Gasteiger partial charge in [-0.1, -0.05) is 18.2 Å². The smallest absolute Gasteiger partial charge is 0.0923 e. The van der Waals surface area contributed by atoms with Crippen molar-refractivity contribution in [3.05, 3.63) is 42.6 Å². The summed E-state index contributed by atoms with van der Waals surface area (Å²) in [7, 11) is 1.91. The number of benzene rings is 1. The maximum absolute atomic E-state index is 4.28. The number of hydrogen-bond donors (Lipinski definition) is 0. The van der Waals surface area contributed by atoms with Crippen molar-refractivity contribution in [2.75, 3.05) is 0 Å². The molecule has 0 aliphatic rings. The first-order valence-electron chi connectivity index (χ1n) is 3.82. The van der Waals surface area contributed by atoms with Crippen LogP contribution in [-0.2, 0) is 7.05 Å². The van der Waals surface area contributed by atoms with Crippen LogP contribution in [-0.4, -0.2) is 9.78 Å². The summed E-state index contributed by atoms with van der Waals surface area (Å²) in [5.74, 6) is 0. The molecule has 0 saturated carbocycles. The highest BCUT2D eigenvalue weighted by Crippen LogP contribution is 2.14. The van der Waals surface area contributed by atoms with Crippen LogP contribution in [0.3, 0.4) is 0 Å². The Kier molecular flexibility index (Phi) is 1.67. The van der Waals surface area contributed by atoms with Gasteiger partial charge in [0.05, 0.1) is 5.69 Å². The molecule has 0 fully saturated rings. The van der Waals surface area contributed by atoms with E-state index >= 15 is 0 Å². The third-order valence-electron chi connectivity index (χ3n) is 1.72. The third kappa shape index (κ3) is 1.23. The van der Waals surface area contributed by atoms with Gasteiger partial charge in [0.1, 0.15) is 0 Å². The highest BCUT2D eigenvalue weighted by molar-refractivity contribution is 5.57. The van der Waals surface area contributed by atoms with Crippen LogP contribution in [0.4, 0.5) is 0 Å². The fourth-order valence-corrected chi connectivity index (χ4v) is 1.12. The standard InChI is InChI=1S/C10H9N2/c1-12-8-7-10(11-12)9-5-3-2-4-6-9/h2-3,5-8H,1H3. The van der Waals surface area contributed by atoms with Gasteiger partial charge in [-0.3, -0.25) is 4.68 Å². The van der Waals surface area contributed by atoms with Gasteiger partial charge in [0.25, 0.3) is 0 Å². The second-order valence-corrected chi connectivity index (χ2v) is 2.67. The van der Waals surface area contributed by atoms with Gasteiger partial charge < -0.3 is 0 Å². The van der Waals surface area contributed by atoms with Gasteiger partial charge in [-0.15, -0.1) is 0 Å². The lowest BCUT2D eigenvalue weighted by Crippen LogP contribution is -1.87. The fourth-order valence-electron chi connectivity index (χ4n) is 1.12. The number of aryl methyl sites for hydroxylation is 1. The molecule has 0 atom stereocenters. The van der Waals surface area contributed by atoms with Crippen molar-refractivity contribution >= 4 is 0 Å². The SMILES string of the molecule is Cn1ccc(-c2c[c]ccc2)n1. The Morgan fingerprint density at radius 3 is 2.92 bits per heavy atom. The van der Waals surface area contributed by atoms with Gasteiger partial charge in [-0.2, -0.15) is 5.10 Å². The van der Waals surface area contributed by atoms with Crippen LogP contribution in [0, 0.1) is 6.07 Å². The molecule has 0 unspecified atom stereocenters. The summed E-state index contributed by atoms with van der Waals surface area (Å²) in [5.41, 5.74) is 2.10. The molecule has 1 aromatic heterocycles. The molecule has 2 heteroatoms. The second-order valence-electron chi connectivity index (χ2n) is 2.67. The number of nitrogens with zero attached hydrogens (tertiary/aromatic N) is 2. The molecule has 2 rings (SSSR count). The van der Waals surface area contributed by atoms with Gasteiger partial charge in [0, 0.05) is 18.8 Å². The van der Waals surface area contributed by atoms with Crippen molar-refractivity contribution in [3.63, 3.8) is 0 Å². The molecule has 0 aliphatic heterocycles. The van der Waals surface area contributed by atoms with E-state index in [-0.39, 0.29) is 0 Å². The molecule has 0 saturated heterocycles. The highest BCUT2D eigenvalue weighted by atomic mass is 15.2. The minimum atomic E-state index is 0.995. The molecule has 0 N–H and O–H groups in total. The molecule has 2 aromatic rings. The quantitative estimate of drug-likeness (QED) is 0.618. The summed E-state index contributed by atoms with van der Waals surface area (Å²) >= 11 is 0. The van der Waals surface area contributed by atoms with Crippen LogP contribution < -0.4 is 0 Å². The van der Waals surface area contributed by atoms with E-state index in [0.29, 0.717) is 0 Å². The summed E-state index contributed by atoms with van der Waals surface area (Å²) in [5, 5.41) is 4.28. The van der Waals surface area contributed by atoms with E-state index in [4.69, 9.17) is 0 Å². The maximum atomic E-state index is 4.28. The zero-order chi connectivity index (χ0) is 8.39. The first-order chi connectivity index (χ1) is 5.86. The summed E-state index contributed by atoms with van der Waals surface area (Å²) in [6.45, 7) is 0. The largest absolute Gasteiger partial charge is 0.275 e. The van der Waals surface area contributed by atoms with Crippen LogP contribution in [0.15, 0.2) is 36.5 Å². The predicted octanol–water partition coefficient (Wildman–Crippen LogP) is 1.89. The minimum Gasteiger partial charge on any atom is -0.275 e. The molecule has 12 heavy (non-hydrogen) atoms. The summed E-state index contributed by atoms with van der Waals surface area (Å²) < 4.78 is 1.79. The van der Waals surface area contributed by atoms with E-state index in [2.05, 4.69) is 11.2 Å². The number of rotatable bonds is 1. The van der Waals surface area contributed by atoms with Crippen molar-refractivity contribution in [2.45, 2.75) is 0 Å². The van der Waals surface area contributed by atoms with Crippen molar-refractivity contribution in [2.24, 2.45) is 7.05 Å². The van der Waals surface area contributed by atoms with Crippen molar-refractivity contribution < 1.29 is 0 Å². The van der Waals surface area contributed by atoms with Gasteiger partial charge in [-0.25, -0.2) is 0 Å². The third-order valence-corrected chi connectivity index (χ3v) is 1.72. The van der Waals surface area contributed by atoms with Gasteiger partial charge in [0.15, 0.2) is 0 Å². The first-order valence-corrected chi connectivity index (χ1v) is 3.82. The Hall–Kier alpha value is -1.57. The lowest BCUT2D eigenvalue weighted by atomic mass is 10.2. The number of hydrogen-bond acceptors (Lipinski definition) is 1. The molecule has 0 spiro atoms. The molecule has 1 aromatic carbocycles. The molecule has 1 radical (unpaired) electrons. The van der Waals surface area contributed by atoms with E-state index in [1.807, 2.05) is 43.6 Å². The molecule has 1 heterocycles. The summed E-state index contributed by atoms with van der Waals surface area (Å²) in [6.07, 6.45) is 1.93. The van der Waals surface area contributed by atoms with Crippen LogP contribution >= 0.6 is 0 Å². The molecular weight excluding hydrogens is 148 g/mol. The van der Waals surface area contributed by atoms with E-state index in [9.17, 15) is 0 Å². The highest BCUT2D eigenvalue weighted by Gasteiger charge is 1.97. The van der Waals surface area contributed by atoms with Crippen LogP contribution in [0.5, 0.6) is 0 Å². The molecule has 0 aliphatic carbocycles. The Morgan fingerprint density at radius 1 is 1.42 bits per heavy atom. The average Bonchev–Trinajstić information content (AvgIpc) is 2.54. The molecule has 0 amide bonds. The molecule has 2 nitrogen and oxygen atoms in total. The van der Waals surface area contributed by atoms with Crippen molar-refractivity contribution in [3.8, 4) is 11.3 Å². The maximum Gasteiger partial charge on any atom is 0.0923 e. The number of aromatic nitrogens is 2. The predicted molar refractivity (Wildman–Crippen MR) is 47.5 cm³/mol. The minimum absolute atomic E-state index is 0.995. The van der Waals surface area contributed by atoms with Gasteiger partial charge >= 0.3 is 0 Å². The first kappa shape index (κ1) is 7.10.